The van der Waals surface area contributed by atoms with Crippen LogP contribution >= 0.6 is 0 Å². The normalized spacial score (nSPS) is 11.1. The van der Waals surface area contributed by atoms with E-state index in [9.17, 15) is 4.79 Å². The Morgan fingerprint density at radius 1 is 0.621 bits per heavy atom. The van der Waals surface area contributed by atoms with Gasteiger partial charge in [0.1, 0.15) is 11.5 Å². The van der Waals surface area contributed by atoms with Crippen molar-refractivity contribution in [1.82, 2.24) is 0 Å². The Kier molecular flexibility index (Phi) is 4.14. The van der Waals surface area contributed by atoms with Crippen molar-refractivity contribution in [1.29, 1.82) is 0 Å². The molecule has 0 unspecified atom stereocenters. The lowest BCUT2D eigenvalue weighted by Crippen LogP contribution is -2.13. The van der Waals surface area contributed by atoms with Gasteiger partial charge < -0.3 is 9.47 Å². The lowest BCUT2D eigenvalue weighted by molar-refractivity contribution is 0.152. The van der Waals surface area contributed by atoms with Gasteiger partial charge in [-0.15, -0.1) is 0 Å². The second-order valence-corrected chi connectivity index (χ2v) is 7.14. The third-order valence-electron chi connectivity index (χ3n) is 5.08. The van der Waals surface area contributed by atoms with Crippen molar-refractivity contribution >= 4 is 38.5 Å². The van der Waals surface area contributed by atoms with Crippen molar-refractivity contribution in [3.63, 3.8) is 0 Å². The van der Waals surface area contributed by atoms with Gasteiger partial charge in [-0.3, -0.25) is 0 Å². The molecule has 0 aliphatic rings. The molecule has 5 rings (SSSR count). The van der Waals surface area contributed by atoms with Gasteiger partial charge in [-0.2, -0.15) is 0 Å². The van der Waals surface area contributed by atoms with Crippen LogP contribution in [0.3, 0.4) is 0 Å². The zero-order chi connectivity index (χ0) is 19.8. The highest BCUT2D eigenvalue weighted by molar-refractivity contribution is 6.06. The van der Waals surface area contributed by atoms with Crippen LogP contribution in [-0.2, 0) is 0 Å². The zero-order valence-electron chi connectivity index (χ0n) is 15.9. The van der Waals surface area contributed by atoms with E-state index in [0.29, 0.717) is 11.5 Å². The van der Waals surface area contributed by atoms with E-state index in [1.807, 2.05) is 43.3 Å². The molecule has 0 bridgehead atoms. The van der Waals surface area contributed by atoms with Crippen LogP contribution in [0.1, 0.15) is 5.56 Å². The van der Waals surface area contributed by atoms with Gasteiger partial charge in [-0.25, -0.2) is 4.79 Å². The molecule has 5 aromatic carbocycles. The summed E-state index contributed by atoms with van der Waals surface area (Å²) in [6, 6.07) is 29.8. The van der Waals surface area contributed by atoms with E-state index < -0.39 is 6.16 Å². The van der Waals surface area contributed by atoms with E-state index in [-0.39, 0.29) is 0 Å². The fraction of sp³-hybridized carbons (Fsp3) is 0.0385. The van der Waals surface area contributed by atoms with Gasteiger partial charge in [0.2, 0.25) is 0 Å². The first-order chi connectivity index (χ1) is 14.2. The van der Waals surface area contributed by atoms with E-state index in [1.165, 1.54) is 10.8 Å². The number of rotatable bonds is 2. The number of hydrogen-bond acceptors (Lipinski definition) is 3. The molecule has 0 heterocycles. The molecule has 0 aliphatic carbocycles. The summed E-state index contributed by atoms with van der Waals surface area (Å²) in [5, 5.41) is 6.50. The van der Waals surface area contributed by atoms with Crippen molar-refractivity contribution in [2.75, 3.05) is 0 Å². The predicted molar refractivity (Wildman–Crippen MR) is 117 cm³/mol. The highest BCUT2D eigenvalue weighted by atomic mass is 16.7. The number of aryl methyl sites for hydroxylation is 1. The van der Waals surface area contributed by atoms with E-state index in [0.717, 1.165) is 27.1 Å². The van der Waals surface area contributed by atoms with Crippen LogP contribution in [-0.4, -0.2) is 6.16 Å². The average Bonchev–Trinajstić information content (AvgIpc) is 2.73. The maximum absolute atomic E-state index is 12.3. The van der Waals surface area contributed by atoms with Gasteiger partial charge in [0.25, 0.3) is 0 Å². The summed E-state index contributed by atoms with van der Waals surface area (Å²) in [7, 11) is 0. The quantitative estimate of drug-likeness (QED) is 0.188. The Labute approximate surface area is 168 Å². The van der Waals surface area contributed by atoms with E-state index in [2.05, 4.69) is 36.4 Å². The van der Waals surface area contributed by atoms with Gasteiger partial charge in [0.15, 0.2) is 0 Å². The molecule has 0 amide bonds. The van der Waals surface area contributed by atoms with Gasteiger partial charge in [-0.1, -0.05) is 54.1 Å². The summed E-state index contributed by atoms with van der Waals surface area (Å²) in [4.78, 5) is 12.3. The number of carbonyl (C=O) groups is 1. The Morgan fingerprint density at radius 3 is 1.97 bits per heavy atom. The van der Waals surface area contributed by atoms with Crippen molar-refractivity contribution in [2.45, 2.75) is 6.92 Å². The molecule has 0 aliphatic heterocycles. The molecule has 0 saturated carbocycles. The summed E-state index contributed by atoms with van der Waals surface area (Å²) in [6.45, 7) is 1.98. The third-order valence-corrected chi connectivity index (χ3v) is 5.08. The smallest absolute Gasteiger partial charge is 0.395 e. The molecule has 3 heteroatoms. The molecule has 0 N–H and O–H groups in total. The summed E-state index contributed by atoms with van der Waals surface area (Å²) in [5.41, 5.74) is 1.10. The van der Waals surface area contributed by atoms with Crippen molar-refractivity contribution in [2.24, 2.45) is 0 Å². The molecule has 0 radical (unpaired) electrons. The summed E-state index contributed by atoms with van der Waals surface area (Å²) >= 11 is 0. The largest absolute Gasteiger partial charge is 0.519 e. The summed E-state index contributed by atoms with van der Waals surface area (Å²) < 4.78 is 10.8. The highest BCUT2D eigenvalue weighted by Crippen LogP contribution is 2.32. The molecule has 5 aromatic rings. The Bertz CT molecular complexity index is 1370. The Balaban J connectivity index is 1.52. The van der Waals surface area contributed by atoms with Crippen molar-refractivity contribution in [3.05, 3.63) is 96.6 Å². The number of benzene rings is 5. The van der Waals surface area contributed by atoms with Crippen LogP contribution < -0.4 is 9.47 Å². The van der Waals surface area contributed by atoms with Crippen LogP contribution in [0.2, 0.25) is 0 Å². The minimum Gasteiger partial charge on any atom is -0.395 e. The summed E-state index contributed by atoms with van der Waals surface area (Å²) in [5.74, 6) is 0.937. The van der Waals surface area contributed by atoms with Crippen molar-refractivity contribution < 1.29 is 14.3 Å². The fourth-order valence-corrected chi connectivity index (χ4v) is 3.59. The predicted octanol–water partition coefficient (Wildman–Crippen LogP) is 7.03. The van der Waals surface area contributed by atoms with Gasteiger partial charge in [-0.05, 0) is 76.3 Å². The van der Waals surface area contributed by atoms with E-state index >= 15 is 0 Å². The van der Waals surface area contributed by atoms with Crippen LogP contribution in [0.5, 0.6) is 11.5 Å². The molecule has 140 valence electrons. The Hall–Kier alpha value is -3.85. The van der Waals surface area contributed by atoms with E-state index in [4.69, 9.17) is 9.47 Å². The first-order valence-electron chi connectivity index (χ1n) is 9.47. The standard InChI is InChI=1S/C26H18O3/c1-17-9-11-23(12-10-17)28-26(27)29-25-8-4-7-20-15-21-13-18-5-2-3-6-19(18)14-22(21)16-24(20)25/h2-16H,1H3. The van der Waals surface area contributed by atoms with Gasteiger partial charge in [0.05, 0.1) is 0 Å². The summed E-state index contributed by atoms with van der Waals surface area (Å²) in [6.07, 6.45) is -0.750. The first kappa shape index (κ1) is 17.3. The molecule has 0 saturated heterocycles. The number of hydrogen-bond donors (Lipinski definition) is 0. The second kappa shape index (κ2) is 6.95. The Morgan fingerprint density at radius 2 is 1.24 bits per heavy atom. The first-order valence-corrected chi connectivity index (χ1v) is 9.47. The minimum absolute atomic E-state index is 0.456. The second-order valence-electron chi connectivity index (χ2n) is 7.14. The number of carbonyl (C=O) groups excluding carboxylic acids is 1. The highest BCUT2D eigenvalue weighted by Gasteiger charge is 2.12. The van der Waals surface area contributed by atoms with Gasteiger partial charge in [0, 0.05) is 5.39 Å². The maximum Gasteiger partial charge on any atom is 0.519 e. The molecule has 0 fully saturated rings. The zero-order valence-corrected chi connectivity index (χ0v) is 15.9. The fourth-order valence-electron chi connectivity index (χ4n) is 3.59. The maximum atomic E-state index is 12.3. The third kappa shape index (κ3) is 3.39. The molecular weight excluding hydrogens is 360 g/mol. The molecular formula is C26H18O3. The number of fused-ring (bicyclic) bond motifs is 3. The van der Waals surface area contributed by atoms with Crippen LogP contribution in [0.25, 0.3) is 32.3 Å². The molecule has 0 aromatic heterocycles. The molecule has 0 spiro atoms. The number of ether oxygens (including phenoxy) is 2. The molecule has 29 heavy (non-hydrogen) atoms. The van der Waals surface area contributed by atoms with Crippen molar-refractivity contribution in [3.8, 4) is 11.5 Å². The molecule has 0 atom stereocenters. The molecule has 3 nitrogen and oxygen atoms in total. The van der Waals surface area contributed by atoms with E-state index in [1.54, 1.807) is 18.2 Å². The minimum atomic E-state index is -0.750. The monoisotopic (exact) mass is 378 g/mol. The topological polar surface area (TPSA) is 35.5 Å². The lowest BCUT2D eigenvalue weighted by atomic mass is 9.99. The van der Waals surface area contributed by atoms with Crippen LogP contribution in [0.4, 0.5) is 4.79 Å². The SMILES string of the molecule is Cc1ccc(OC(=O)Oc2cccc3cc4cc5ccccc5cc4cc23)cc1. The lowest BCUT2D eigenvalue weighted by Gasteiger charge is -2.10. The van der Waals surface area contributed by atoms with Crippen LogP contribution in [0, 0.1) is 6.92 Å². The van der Waals surface area contributed by atoms with Crippen LogP contribution in [0.15, 0.2) is 91.0 Å². The van der Waals surface area contributed by atoms with Gasteiger partial charge >= 0.3 is 6.16 Å². The average molecular weight is 378 g/mol.